The number of ether oxygens (including phenoxy) is 3. The predicted octanol–water partition coefficient (Wildman–Crippen LogP) is 7.25. The third-order valence-corrected chi connectivity index (χ3v) is 8.24. The molecule has 1 fully saturated rings. The predicted molar refractivity (Wildman–Crippen MR) is 162 cm³/mol. The Bertz CT molecular complexity index is 1510. The molecule has 15 heteroatoms. The van der Waals surface area contributed by atoms with Gasteiger partial charge >= 0.3 is 18.4 Å². The Morgan fingerprint density at radius 1 is 1.00 bits per heavy atom. The normalized spacial score (nSPS) is 18.5. The van der Waals surface area contributed by atoms with Crippen LogP contribution in [-0.2, 0) is 28.4 Å². The standard InChI is InChI=1S/C32H35F6N5O4/c1-4-23-17-26(29-25(7-9-28(40-29)45-3)43(23)30(44)47-5-2)42(27-8-6-24(18-39-27)41-10-12-46-13-11-41)19-20-14-21(31(33,34)35)16-22(15-20)32(36,37)38/h6-9,14-16,18,23,26H,4-5,10-13,17,19H2,1-3H3/t23-,26?/m1/s1. The number of carbonyl (C=O) groups is 1. The number of hydrogen-bond donors (Lipinski definition) is 0. The maximum Gasteiger partial charge on any atom is 0.416 e. The summed E-state index contributed by atoms with van der Waals surface area (Å²) < 4.78 is 99.2. The molecule has 47 heavy (non-hydrogen) atoms. The van der Waals surface area contributed by atoms with E-state index < -0.39 is 41.7 Å². The van der Waals surface area contributed by atoms with Gasteiger partial charge in [0, 0.05) is 31.7 Å². The fraction of sp³-hybridized carbons (Fsp3) is 0.469. The first kappa shape index (κ1) is 34.1. The molecule has 1 amide bonds. The van der Waals surface area contributed by atoms with Crippen molar-refractivity contribution in [2.45, 2.75) is 57.7 Å². The van der Waals surface area contributed by atoms with Gasteiger partial charge in [-0.25, -0.2) is 14.8 Å². The number of morpholine rings is 1. The van der Waals surface area contributed by atoms with Crippen molar-refractivity contribution < 1.29 is 45.3 Å². The number of aromatic nitrogens is 2. The van der Waals surface area contributed by atoms with Gasteiger partial charge in [0.25, 0.3) is 0 Å². The van der Waals surface area contributed by atoms with E-state index in [1.54, 1.807) is 42.3 Å². The van der Waals surface area contributed by atoms with Gasteiger partial charge in [-0.15, -0.1) is 0 Å². The van der Waals surface area contributed by atoms with Crippen molar-refractivity contribution in [3.8, 4) is 5.88 Å². The zero-order chi connectivity index (χ0) is 33.9. The number of benzene rings is 1. The molecule has 2 aliphatic rings. The number of anilines is 3. The topological polar surface area (TPSA) is 80.3 Å². The number of methoxy groups -OCH3 is 1. The van der Waals surface area contributed by atoms with Gasteiger partial charge in [0.2, 0.25) is 5.88 Å². The average molecular weight is 668 g/mol. The molecule has 254 valence electrons. The van der Waals surface area contributed by atoms with E-state index in [0.29, 0.717) is 49.9 Å². The van der Waals surface area contributed by atoms with Crippen LogP contribution in [0.2, 0.25) is 0 Å². The maximum absolute atomic E-state index is 13.9. The summed E-state index contributed by atoms with van der Waals surface area (Å²) in [6, 6.07) is 7.07. The second-order valence-corrected chi connectivity index (χ2v) is 11.2. The quantitative estimate of drug-likeness (QED) is 0.233. The van der Waals surface area contributed by atoms with Gasteiger partial charge in [0.05, 0.1) is 67.4 Å². The first-order chi connectivity index (χ1) is 22.3. The van der Waals surface area contributed by atoms with Crippen molar-refractivity contribution in [3.63, 3.8) is 0 Å². The summed E-state index contributed by atoms with van der Waals surface area (Å²) in [5.41, 5.74) is -1.54. The van der Waals surface area contributed by atoms with Crippen LogP contribution in [0.4, 0.5) is 48.3 Å². The molecule has 2 aliphatic heterocycles. The fourth-order valence-corrected chi connectivity index (χ4v) is 5.96. The van der Waals surface area contributed by atoms with Gasteiger partial charge < -0.3 is 24.0 Å². The summed E-state index contributed by atoms with van der Waals surface area (Å²) in [7, 11) is 1.41. The number of rotatable bonds is 8. The minimum absolute atomic E-state index is 0.107. The molecule has 3 aromatic rings. The summed E-state index contributed by atoms with van der Waals surface area (Å²) in [5.74, 6) is 0.509. The molecule has 1 unspecified atom stereocenters. The molecular weight excluding hydrogens is 632 g/mol. The molecular formula is C32H35F6N5O4. The first-order valence-corrected chi connectivity index (χ1v) is 15.2. The molecule has 4 heterocycles. The summed E-state index contributed by atoms with van der Waals surface area (Å²) in [6.45, 7) is 5.63. The van der Waals surface area contributed by atoms with E-state index in [-0.39, 0.29) is 37.1 Å². The van der Waals surface area contributed by atoms with E-state index in [1.807, 2.05) is 6.92 Å². The molecule has 0 N–H and O–H groups in total. The molecule has 1 aromatic carbocycles. The van der Waals surface area contributed by atoms with Gasteiger partial charge in [-0.1, -0.05) is 6.92 Å². The van der Waals surface area contributed by atoms with E-state index in [0.717, 1.165) is 17.8 Å². The molecule has 2 atom stereocenters. The summed E-state index contributed by atoms with van der Waals surface area (Å²) in [4.78, 5) is 27.7. The van der Waals surface area contributed by atoms with Crippen LogP contribution in [-0.4, -0.2) is 62.1 Å². The Morgan fingerprint density at radius 3 is 2.23 bits per heavy atom. The van der Waals surface area contributed by atoms with Crippen LogP contribution >= 0.6 is 0 Å². The van der Waals surface area contributed by atoms with Crippen LogP contribution in [0.25, 0.3) is 0 Å². The smallest absolute Gasteiger partial charge is 0.416 e. The number of alkyl halides is 6. The van der Waals surface area contributed by atoms with Gasteiger partial charge in [-0.3, -0.25) is 4.90 Å². The second-order valence-electron chi connectivity index (χ2n) is 11.2. The lowest BCUT2D eigenvalue weighted by molar-refractivity contribution is -0.143. The minimum atomic E-state index is -5.02. The molecule has 0 aliphatic carbocycles. The van der Waals surface area contributed by atoms with Gasteiger partial charge in [-0.05, 0) is 61.7 Å². The van der Waals surface area contributed by atoms with Crippen LogP contribution in [0.15, 0.2) is 48.7 Å². The molecule has 0 spiro atoms. The number of pyridine rings is 2. The third kappa shape index (κ3) is 7.50. The van der Waals surface area contributed by atoms with Crippen LogP contribution < -0.4 is 19.4 Å². The number of carbonyl (C=O) groups excluding carboxylic acids is 1. The maximum atomic E-state index is 13.9. The van der Waals surface area contributed by atoms with E-state index in [1.165, 1.54) is 12.0 Å². The van der Waals surface area contributed by atoms with Gasteiger partial charge in [0.15, 0.2) is 0 Å². The van der Waals surface area contributed by atoms with Gasteiger partial charge in [0.1, 0.15) is 5.82 Å². The lowest BCUT2D eigenvalue weighted by Crippen LogP contribution is -2.48. The molecule has 5 rings (SSSR count). The van der Waals surface area contributed by atoms with Crippen molar-refractivity contribution >= 4 is 23.3 Å². The fourth-order valence-electron chi connectivity index (χ4n) is 5.96. The van der Waals surface area contributed by atoms with E-state index >= 15 is 0 Å². The zero-order valence-electron chi connectivity index (χ0n) is 26.1. The monoisotopic (exact) mass is 667 g/mol. The summed E-state index contributed by atoms with van der Waals surface area (Å²) in [6.07, 6.45) is -8.32. The molecule has 0 saturated carbocycles. The zero-order valence-corrected chi connectivity index (χ0v) is 26.1. The molecule has 9 nitrogen and oxygen atoms in total. The summed E-state index contributed by atoms with van der Waals surface area (Å²) in [5, 5.41) is 0. The Balaban J connectivity index is 1.66. The minimum Gasteiger partial charge on any atom is -0.481 e. The molecule has 1 saturated heterocycles. The third-order valence-electron chi connectivity index (χ3n) is 8.24. The highest BCUT2D eigenvalue weighted by atomic mass is 19.4. The van der Waals surface area contributed by atoms with Crippen LogP contribution in [0.1, 0.15) is 55.1 Å². The Kier molecular flexibility index (Phi) is 10.0. The highest BCUT2D eigenvalue weighted by Gasteiger charge is 2.42. The van der Waals surface area contributed by atoms with Gasteiger partial charge in [-0.2, -0.15) is 26.3 Å². The van der Waals surface area contributed by atoms with E-state index in [2.05, 4.69) is 14.9 Å². The highest BCUT2D eigenvalue weighted by molar-refractivity contribution is 5.90. The first-order valence-electron chi connectivity index (χ1n) is 15.2. The number of fused-ring (bicyclic) bond motifs is 1. The van der Waals surface area contributed by atoms with Crippen LogP contribution in [0, 0.1) is 0 Å². The number of hydrogen-bond acceptors (Lipinski definition) is 8. The van der Waals surface area contributed by atoms with Crippen LogP contribution in [0.3, 0.4) is 0 Å². The second kappa shape index (κ2) is 13.8. The van der Waals surface area contributed by atoms with Crippen LogP contribution in [0.5, 0.6) is 5.88 Å². The Labute approximate surface area is 268 Å². The summed E-state index contributed by atoms with van der Waals surface area (Å²) >= 11 is 0. The van der Waals surface area contributed by atoms with Crippen molar-refractivity contribution in [2.24, 2.45) is 0 Å². The van der Waals surface area contributed by atoms with Crippen molar-refractivity contribution in [3.05, 3.63) is 71.0 Å². The molecule has 2 aromatic heterocycles. The lowest BCUT2D eigenvalue weighted by atomic mass is 9.91. The molecule has 0 radical (unpaired) electrons. The SMILES string of the molecule is CCOC(=O)N1c2ccc(OC)nc2C(N(Cc2cc(C(F)(F)F)cc(C(F)(F)F)c2)c2ccc(N3CCOCC3)cn2)C[C@H]1CC. The molecule has 0 bridgehead atoms. The number of nitrogens with zero attached hydrogens (tertiary/aromatic N) is 5. The average Bonchev–Trinajstić information content (AvgIpc) is 3.06. The number of amides is 1. The van der Waals surface area contributed by atoms with Crippen molar-refractivity contribution in [2.75, 3.05) is 54.7 Å². The number of halogens is 6. The van der Waals surface area contributed by atoms with E-state index in [4.69, 9.17) is 14.2 Å². The Hall–Kier alpha value is -4.27. The largest absolute Gasteiger partial charge is 0.481 e. The van der Waals surface area contributed by atoms with Crippen molar-refractivity contribution in [1.29, 1.82) is 0 Å². The highest BCUT2D eigenvalue weighted by Crippen LogP contribution is 2.44. The van der Waals surface area contributed by atoms with Crippen molar-refractivity contribution in [1.82, 2.24) is 9.97 Å². The lowest BCUT2D eigenvalue weighted by Gasteiger charge is -2.43. The Morgan fingerprint density at radius 2 is 1.68 bits per heavy atom. The van der Waals surface area contributed by atoms with E-state index in [9.17, 15) is 31.1 Å².